The number of rotatable bonds is 6. The Kier molecular flexibility index (Phi) is 6.54. The standard InChI is InChI=1S/C23H28N2O4/c1-16(26)29-22-20(17-9-11-19(28-4)12-10-17)15-18-7-5-6-8-21(18)25(23(22)27)14-13-24(2)3/h5-12,20,22H,13-15H2,1-4H3/t20-,22+/m1/s1. The molecule has 6 nitrogen and oxygen atoms in total. The molecule has 1 aliphatic heterocycles. The Labute approximate surface area is 172 Å². The maximum Gasteiger partial charge on any atom is 0.303 e. The van der Waals surface area contributed by atoms with Gasteiger partial charge in [-0.3, -0.25) is 9.59 Å². The van der Waals surface area contributed by atoms with Crippen LogP contribution in [-0.4, -0.2) is 57.2 Å². The quantitative estimate of drug-likeness (QED) is 0.703. The number of likely N-dealkylation sites (N-methyl/N-ethyl adjacent to an activating group) is 1. The summed E-state index contributed by atoms with van der Waals surface area (Å²) in [6.45, 7) is 2.58. The number of amides is 1. The van der Waals surface area contributed by atoms with E-state index >= 15 is 0 Å². The number of esters is 1. The first-order valence-electron chi connectivity index (χ1n) is 9.76. The predicted molar refractivity (Wildman–Crippen MR) is 112 cm³/mol. The highest BCUT2D eigenvalue weighted by Crippen LogP contribution is 2.36. The molecule has 0 saturated carbocycles. The number of ether oxygens (including phenoxy) is 2. The van der Waals surface area contributed by atoms with Gasteiger partial charge in [0.25, 0.3) is 5.91 Å². The lowest BCUT2D eigenvalue weighted by molar-refractivity contribution is -0.154. The zero-order valence-electron chi connectivity index (χ0n) is 17.4. The largest absolute Gasteiger partial charge is 0.497 e. The van der Waals surface area contributed by atoms with Crippen LogP contribution in [0.5, 0.6) is 5.75 Å². The normalized spacial score (nSPS) is 18.9. The first kappa shape index (κ1) is 20.9. The molecule has 2 aromatic rings. The minimum Gasteiger partial charge on any atom is -0.497 e. The number of methoxy groups -OCH3 is 1. The van der Waals surface area contributed by atoms with Crippen molar-refractivity contribution in [3.05, 3.63) is 59.7 Å². The second-order valence-electron chi connectivity index (χ2n) is 7.54. The maximum absolute atomic E-state index is 13.6. The van der Waals surface area contributed by atoms with Gasteiger partial charge in [-0.25, -0.2) is 0 Å². The first-order chi connectivity index (χ1) is 13.9. The number of hydrogen-bond acceptors (Lipinski definition) is 5. The third-order valence-corrected chi connectivity index (χ3v) is 5.20. The number of fused-ring (bicyclic) bond motifs is 1. The number of carbonyl (C=O) groups is 2. The zero-order valence-corrected chi connectivity index (χ0v) is 17.4. The average molecular weight is 396 g/mol. The van der Waals surface area contributed by atoms with Crippen molar-refractivity contribution in [2.75, 3.05) is 39.2 Å². The van der Waals surface area contributed by atoms with Crippen molar-refractivity contribution in [2.24, 2.45) is 0 Å². The van der Waals surface area contributed by atoms with Gasteiger partial charge in [0.2, 0.25) is 0 Å². The summed E-state index contributed by atoms with van der Waals surface area (Å²) >= 11 is 0. The van der Waals surface area contributed by atoms with Gasteiger partial charge < -0.3 is 19.3 Å². The summed E-state index contributed by atoms with van der Waals surface area (Å²) in [5, 5.41) is 0. The van der Waals surface area contributed by atoms with Crippen molar-refractivity contribution >= 4 is 17.6 Å². The molecule has 0 saturated heterocycles. The maximum atomic E-state index is 13.6. The van der Waals surface area contributed by atoms with Crippen LogP contribution >= 0.6 is 0 Å². The van der Waals surface area contributed by atoms with Crippen molar-refractivity contribution in [1.29, 1.82) is 0 Å². The van der Waals surface area contributed by atoms with Crippen molar-refractivity contribution in [2.45, 2.75) is 25.4 Å². The smallest absolute Gasteiger partial charge is 0.303 e. The van der Waals surface area contributed by atoms with Crippen LogP contribution in [0.15, 0.2) is 48.5 Å². The van der Waals surface area contributed by atoms with Crippen LogP contribution in [0.4, 0.5) is 5.69 Å². The lowest BCUT2D eigenvalue weighted by Gasteiger charge is -2.29. The van der Waals surface area contributed by atoms with Crippen LogP contribution in [0.1, 0.15) is 24.0 Å². The van der Waals surface area contributed by atoms with Crippen molar-refractivity contribution in [3.63, 3.8) is 0 Å². The van der Waals surface area contributed by atoms with Crippen LogP contribution in [0.3, 0.4) is 0 Å². The number of benzene rings is 2. The summed E-state index contributed by atoms with van der Waals surface area (Å²) in [5.41, 5.74) is 2.89. The van der Waals surface area contributed by atoms with Gasteiger partial charge in [-0.1, -0.05) is 30.3 Å². The third kappa shape index (κ3) is 4.77. The minimum absolute atomic E-state index is 0.187. The van der Waals surface area contributed by atoms with Gasteiger partial charge in [0.05, 0.1) is 7.11 Å². The lowest BCUT2D eigenvalue weighted by Crippen LogP contribution is -2.45. The Hall–Kier alpha value is -2.86. The molecule has 1 amide bonds. The summed E-state index contributed by atoms with van der Waals surface area (Å²) in [5.74, 6) is -0.179. The van der Waals surface area contributed by atoms with Gasteiger partial charge in [0.15, 0.2) is 6.10 Å². The molecule has 0 N–H and O–H groups in total. The molecular formula is C23H28N2O4. The molecule has 1 heterocycles. The predicted octanol–water partition coefficient (Wildman–Crippen LogP) is 2.86. The van der Waals surface area contributed by atoms with E-state index in [1.165, 1.54) is 6.92 Å². The first-order valence-corrected chi connectivity index (χ1v) is 9.76. The van der Waals surface area contributed by atoms with Crippen LogP contribution in [-0.2, 0) is 20.7 Å². The number of carbonyl (C=O) groups excluding carboxylic acids is 2. The van der Waals surface area contributed by atoms with E-state index in [0.717, 1.165) is 22.6 Å². The zero-order chi connectivity index (χ0) is 21.0. The summed E-state index contributed by atoms with van der Waals surface area (Å²) in [4.78, 5) is 29.2. The molecule has 0 aromatic heterocycles. The molecule has 6 heteroatoms. The van der Waals surface area contributed by atoms with Crippen LogP contribution in [0.2, 0.25) is 0 Å². The fourth-order valence-electron chi connectivity index (χ4n) is 3.72. The Bertz CT molecular complexity index is 863. The minimum atomic E-state index is -0.879. The highest BCUT2D eigenvalue weighted by atomic mass is 16.5. The van der Waals surface area contributed by atoms with Gasteiger partial charge in [0.1, 0.15) is 5.75 Å². The van der Waals surface area contributed by atoms with Crippen molar-refractivity contribution < 1.29 is 19.1 Å². The van der Waals surface area contributed by atoms with Gasteiger partial charge in [-0.15, -0.1) is 0 Å². The van der Waals surface area contributed by atoms with Gasteiger partial charge >= 0.3 is 5.97 Å². The van der Waals surface area contributed by atoms with E-state index in [-0.39, 0.29) is 11.8 Å². The highest BCUT2D eigenvalue weighted by Gasteiger charge is 2.39. The van der Waals surface area contributed by atoms with E-state index in [2.05, 4.69) is 0 Å². The molecule has 0 fully saturated rings. The van der Waals surface area contributed by atoms with E-state index in [9.17, 15) is 9.59 Å². The van der Waals surface area contributed by atoms with Crippen LogP contribution in [0, 0.1) is 0 Å². The fourth-order valence-corrected chi connectivity index (χ4v) is 3.72. The van der Waals surface area contributed by atoms with Gasteiger partial charge in [-0.2, -0.15) is 0 Å². The lowest BCUT2D eigenvalue weighted by atomic mass is 9.87. The van der Waals surface area contributed by atoms with Crippen LogP contribution in [0.25, 0.3) is 0 Å². The number of hydrogen-bond donors (Lipinski definition) is 0. The topological polar surface area (TPSA) is 59.1 Å². The SMILES string of the molecule is COc1ccc([C@H]2Cc3ccccc3N(CCN(C)C)C(=O)[C@H]2OC(C)=O)cc1. The highest BCUT2D eigenvalue weighted by molar-refractivity contribution is 5.99. The van der Waals surface area contributed by atoms with E-state index < -0.39 is 12.1 Å². The van der Waals surface area contributed by atoms with Crippen molar-refractivity contribution in [3.8, 4) is 5.75 Å². The average Bonchev–Trinajstić information content (AvgIpc) is 2.81. The Morgan fingerprint density at radius 1 is 1.14 bits per heavy atom. The monoisotopic (exact) mass is 396 g/mol. The molecule has 1 aliphatic rings. The van der Waals surface area contributed by atoms with E-state index in [1.54, 1.807) is 12.0 Å². The Morgan fingerprint density at radius 3 is 2.45 bits per heavy atom. The van der Waals surface area contributed by atoms with Crippen LogP contribution < -0.4 is 9.64 Å². The number of para-hydroxylation sites is 1. The molecule has 0 aliphatic carbocycles. The molecule has 3 rings (SSSR count). The molecule has 154 valence electrons. The summed E-state index contributed by atoms with van der Waals surface area (Å²) in [6.07, 6.45) is -0.277. The summed E-state index contributed by atoms with van der Waals surface area (Å²) < 4.78 is 10.9. The second-order valence-corrected chi connectivity index (χ2v) is 7.54. The molecule has 0 bridgehead atoms. The molecule has 0 spiro atoms. The van der Waals surface area contributed by atoms with E-state index in [1.807, 2.05) is 67.5 Å². The second kappa shape index (κ2) is 9.09. The summed E-state index contributed by atoms with van der Waals surface area (Å²) in [6, 6.07) is 15.5. The Morgan fingerprint density at radius 2 is 1.83 bits per heavy atom. The Balaban J connectivity index is 2.06. The molecule has 29 heavy (non-hydrogen) atoms. The van der Waals surface area contributed by atoms with Gasteiger partial charge in [-0.05, 0) is 49.8 Å². The third-order valence-electron chi connectivity index (χ3n) is 5.20. The molecular weight excluding hydrogens is 368 g/mol. The molecule has 0 unspecified atom stereocenters. The fraction of sp³-hybridized carbons (Fsp3) is 0.391. The number of anilines is 1. The van der Waals surface area contributed by atoms with Gasteiger partial charge in [0, 0.05) is 31.6 Å². The van der Waals surface area contributed by atoms with Crippen molar-refractivity contribution in [1.82, 2.24) is 4.90 Å². The molecule has 2 atom stereocenters. The van der Waals surface area contributed by atoms with E-state index in [0.29, 0.717) is 19.5 Å². The molecule has 2 aromatic carbocycles. The van der Waals surface area contributed by atoms with E-state index in [4.69, 9.17) is 9.47 Å². The number of nitrogens with zero attached hydrogens (tertiary/aromatic N) is 2. The molecule has 0 radical (unpaired) electrons. The summed E-state index contributed by atoms with van der Waals surface area (Å²) in [7, 11) is 5.56.